The number of carboxylic acids is 1. The molecule has 1 aliphatic carbocycles. The highest BCUT2D eigenvalue weighted by molar-refractivity contribution is 5.75. The Hall–Kier alpha value is -2.31. The van der Waals surface area contributed by atoms with Gasteiger partial charge < -0.3 is 20.1 Å². The maximum atomic E-state index is 11.9. The maximum absolute atomic E-state index is 11.9. The Morgan fingerprint density at radius 3 is 2.71 bits per heavy atom. The van der Waals surface area contributed by atoms with Crippen molar-refractivity contribution >= 4 is 12.0 Å². The molecule has 2 rings (SSSR count). The average Bonchev–Trinajstić information content (AvgIpc) is 3.06. The molecule has 0 radical (unpaired) electrons. The highest BCUT2D eigenvalue weighted by Crippen LogP contribution is 2.22. The molecule has 1 aromatic rings. The zero-order chi connectivity index (χ0) is 17.5. The summed E-state index contributed by atoms with van der Waals surface area (Å²) in [6.07, 6.45) is 6.55. The summed E-state index contributed by atoms with van der Waals surface area (Å²) < 4.78 is 5.80. The van der Waals surface area contributed by atoms with Gasteiger partial charge in [-0.2, -0.15) is 0 Å². The quantitative estimate of drug-likeness (QED) is 0.797. The van der Waals surface area contributed by atoms with Crippen LogP contribution in [0.4, 0.5) is 4.79 Å². The molecule has 0 aromatic carbocycles. The zero-order valence-electron chi connectivity index (χ0n) is 14.2. The van der Waals surface area contributed by atoms with Gasteiger partial charge in [0.25, 0.3) is 0 Å². The fraction of sp³-hybridized carbons (Fsp3) is 0.588. The lowest BCUT2D eigenvalue weighted by Gasteiger charge is -2.20. The summed E-state index contributed by atoms with van der Waals surface area (Å²) in [5, 5.41) is 11.6. The van der Waals surface area contributed by atoms with Crippen LogP contribution in [-0.2, 0) is 11.3 Å². The number of hydrogen-bond acceptors (Lipinski definition) is 4. The Morgan fingerprint density at radius 2 is 2.12 bits per heavy atom. The van der Waals surface area contributed by atoms with E-state index in [0.29, 0.717) is 12.4 Å². The standard InChI is InChI=1S/C17H25N3O4/c1-12(16(21)22)11-20(2)17(23)19-10-13-7-8-15(18-9-13)24-14-5-3-4-6-14/h7-9,12,14H,3-6,10-11H2,1-2H3,(H,19,23)(H,21,22). The van der Waals surface area contributed by atoms with E-state index in [1.807, 2.05) is 12.1 Å². The fourth-order valence-electron chi connectivity index (χ4n) is 2.65. The van der Waals surface area contributed by atoms with Gasteiger partial charge in [-0.25, -0.2) is 9.78 Å². The van der Waals surface area contributed by atoms with Gasteiger partial charge >= 0.3 is 12.0 Å². The number of aliphatic carboxylic acids is 1. The van der Waals surface area contributed by atoms with Crippen LogP contribution in [-0.4, -0.2) is 46.7 Å². The van der Waals surface area contributed by atoms with Crippen molar-refractivity contribution < 1.29 is 19.4 Å². The summed E-state index contributed by atoms with van der Waals surface area (Å²) in [4.78, 5) is 28.4. The van der Waals surface area contributed by atoms with Crippen LogP contribution in [0.3, 0.4) is 0 Å². The van der Waals surface area contributed by atoms with Crippen molar-refractivity contribution in [1.82, 2.24) is 15.2 Å². The molecule has 1 aliphatic rings. The minimum atomic E-state index is -0.920. The van der Waals surface area contributed by atoms with Crippen molar-refractivity contribution in [1.29, 1.82) is 0 Å². The Labute approximate surface area is 142 Å². The number of ether oxygens (including phenoxy) is 1. The molecule has 2 N–H and O–H groups in total. The van der Waals surface area contributed by atoms with Gasteiger partial charge in [0.05, 0.1) is 5.92 Å². The summed E-state index contributed by atoms with van der Waals surface area (Å²) in [7, 11) is 1.57. The third-order valence-corrected chi connectivity index (χ3v) is 4.15. The van der Waals surface area contributed by atoms with Crippen LogP contribution in [0.25, 0.3) is 0 Å². The SMILES string of the molecule is CC(CN(C)C(=O)NCc1ccc(OC2CCCC2)nc1)C(=O)O. The van der Waals surface area contributed by atoms with Crippen molar-refractivity contribution in [3.8, 4) is 5.88 Å². The molecule has 0 aliphatic heterocycles. The van der Waals surface area contributed by atoms with Crippen molar-refractivity contribution in [2.75, 3.05) is 13.6 Å². The lowest BCUT2D eigenvalue weighted by atomic mass is 10.2. The van der Waals surface area contributed by atoms with E-state index in [1.165, 1.54) is 17.7 Å². The van der Waals surface area contributed by atoms with Crippen LogP contribution >= 0.6 is 0 Å². The minimum absolute atomic E-state index is 0.160. The number of amides is 2. The number of nitrogens with zero attached hydrogens (tertiary/aromatic N) is 2. The van der Waals surface area contributed by atoms with Crippen LogP contribution in [0, 0.1) is 5.92 Å². The second-order valence-electron chi connectivity index (χ2n) is 6.31. The molecule has 0 bridgehead atoms. The molecule has 1 saturated carbocycles. The first-order valence-corrected chi connectivity index (χ1v) is 8.29. The van der Waals surface area contributed by atoms with Gasteiger partial charge in [0.2, 0.25) is 5.88 Å². The molecule has 24 heavy (non-hydrogen) atoms. The van der Waals surface area contributed by atoms with Crippen LogP contribution in [0.2, 0.25) is 0 Å². The molecule has 2 amide bonds. The lowest BCUT2D eigenvalue weighted by molar-refractivity contribution is -0.141. The first kappa shape index (κ1) is 18.0. The number of urea groups is 1. The molecule has 7 nitrogen and oxygen atoms in total. The predicted molar refractivity (Wildman–Crippen MR) is 88.8 cm³/mol. The van der Waals surface area contributed by atoms with E-state index in [4.69, 9.17) is 9.84 Å². The van der Waals surface area contributed by atoms with Crippen molar-refractivity contribution in [2.24, 2.45) is 5.92 Å². The molecule has 1 unspecified atom stereocenters. The Balaban J connectivity index is 1.76. The highest BCUT2D eigenvalue weighted by atomic mass is 16.5. The molecule has 1 aromatic heterocycles. The van der Waals surface area contributed by atoms with Gasteiger partial charge in [0.15, 0.2) is 0 Å². The molecule has 1 fully saturated rings. The van der Waals surface area contributed by atoms with E-state index in [0.717, 1.165) is 18.4 Å². The molecular formula is C17H25N3O4. The zero-order valence-corrected chi connectivity index (χ0v) is 14.2. The molecule has 132 valence electrons. The summed E-state index contributed by atoms with van der Waals surface area (Å²) in [5.74, 6) is -0.907. The van der Waals surface area contributed by atoms with Crippen molar-refractivity contribution in [3.05, 3.63) is 23.9 Å². The Bertz CT molecular complexity index is 555. The molecule has 1 atom stereocenters. The number of rotatable bonds is 7. The second-order valence-corrected chi connectivity index (χ2v) is 6.31. The number of carboxylic acid groups (broad SMARTS) is 1. The normalized spacial score (nSPS) is 15.8. The van der Waals surface area contributed by atoms with Crippen LogP contribution in [0.5, 0.6) is 5.88 Å². The Morgan fingerprint density at radius 1 is 1.42 bits per heavy atom. The summed E-state index contributed by atoms with van der Waals surface area (Å²) >= 11 is 0. The molecule has 1 heterocycles. The van der Waals surface area contributed by atoms with E-state index in [2.05, 4.69) is 10.3 Å². The summed E-state index contributed by atoms with van der Waals surface area (Å²) in [6, 6.07) is 3.38. The average molecular weight is 335 g/mol. The minimum Gasteiger partial charge on any atom is -0.481 e. The van der Waals surface area contributed by atoms with Gasteiger partial charge in [-0.15, -0.1) is 0 Å². The van der Waals surface area contributed by atoms with Crippen LogP contribution < -0.4 is 10.1 Å². The van der Waals surface area contributed by atoms with E-state index in [1.54, 1.807) is 20.2 Å². The third kappa shape index (κ3) is 5.40. The molecule has 0 spiro atoms. The van der Waals surface area contributed by atoms with Crippen LogP contribution in [0.1, 0.15) is 38.2 Å². The van der Waals surface area contributed by atoms with E-state index in [9.17, 15) is 9.59 Å². The number of carbonyl (C=O) groups is 2. The smallest absolute Gasteiger partial charge is 0.317 e. The van der Waals surface area contributed by atoms with Crippen molar-refractivity contribution in [3.63, 3.8) is 0 Å². The molecular weight excluding hydrogens is 310 g/mol. The number of carbonyl (C=O) groups excluding carboxylic acids is 1. The monoisotopic (exact) mass is 335 g/mol. The first-order valence-electron chi connectivity index (χ1n) is 8.29. The van der Waals surface area contributed by atoms with Gasteiger partial charge in [-0.05, 0) is 31.2 Å². The van der Waals surface area contributed by atoms with Gasteiger partial charge in [0.1, 0.15) is 6.10 Å². The Kier molecular flexibility index (Phi) is 6.40. The van der Waals surface area contributed by atoms with E-state index < -0.39 is 11.9 Å². The topological polar surface area (TPSA) is 91.8 Å². The number of nitrogens with one attached hydrogen (secondary N) is 1. The van der Waals surface area contributed by atoms with Gasteiger partial charge in [-0.1, -0.05) is 13.0 Å². The van der Waals surface area contributed by atoms with Crippen molar-refractivity contribution in [2.45, 2.75) is 45.3 Å². The summed E-state index contributed by atoms with van der Waals surface area (Å²) in [5.41, 5.74) is 0.863. The second kappa shape index (κ2) is 8.52. The number of aromatic nitrogens is 1. The predicted octanol–water partition coefficient (Wildman–Crippen LogP) is 2.27. The third-order valence-electron chi connectivity index (χ3n) is 4.15. The molecule has 0 saturated heterocycles. The van der Waals surface area contributed by atoms with Gasteiger partial charge in [0, 0.05) is 32.4 Å². The number of hydrogen-bond donors (Lipinski definition) is 2. The van der Waals surface area contributed by atoms with Crippen LogP contribution in [0.15, 0.2) is 18.3 Å². The van der Waals surface area contributed by atoms with E-state index in [-0.39, 0.29) is 18.7 Å². The number of pyridine rings is 1. The first-order chi connectivity index (χ1) is 11.5. The van der Waals surface area contributed by atoms with Gasteiger partial charge in [-0.3, -0.25) is 4.79 Å². The van der Waals surface area contributed by atoms with E-state index >= 15 is 0 Å². The summed E-state index contributed by atoms with van der Waals surface area (Å²) in [6.45, 7) is 2.06. The maximum Gasteiger partial charge on any atom is 0.317 e. The lowest BCUT2D eigenvalue weighted by Crippen LogP contribution is -2.40. The highest BCUT2D eigenvalue weighted by Gasteiger charge is 2.18. The molecule has 7 heteroatoms. The fourth-order valence-corrected chi connectivity index (χ4v) is 2.65. The largest absolute Gasteiger partial charge is 0.481 e.